The van der Waals surface area contributed by atoms with Crippen LogP contribution >= 0.6 is 11.6 Å². The lowest BCUT2D eigenvalue weighted by molar-refractivity contribution is -0.119. The van der Waals surface area contributed by atoms with Crippen molar-refractivity contribution in [2.24, 2.45) is 0 Å². The minimum Gasteiger partial charge on any atom is -0.481 e. The fourth-order valence-electron chi connectivity index (χ4n) is 2.94. The van der Waals surface area contributed by atoms with Crippen LogP contribution in [-0.2, 0) is 14.8 Å². The summed E-state index contributed by atoms with van der Waals surface area (Å²) in [6.07, 6.45) is 0. The topological polar surface area (TPSA) is 137 Å². The number of sulfonamides is 1. The van der Waals surface area contributed by atoms with E-state index in [-0.39, 0.29) is 28.5 Å². The summed E-state index contributed by atoms with van der Waals surface area (Å²) in [6.45, 7) is 5.23. The van der Waals surface area contributed by atoms with Crippen LogP contribution in [0, 0.1) is 13.8 Å². The summed E-state index contributed by atoms with van der Waals surface area (Å²) in [5, 5.41) is 7.54. The summed E-state index contributed by atoms with van der Waals surface area (Å²) in [7, 11) is -1.23. The van der Waals surface area contributed by atoms with Crippen molar-refractivity contribution in [3.63, 3.8) is 0 Å². The second-order valence-corrected chi connectivity index (χ2v) is 9.07. The summed E-state index contributed by atoms with van der Waals surface area (Å²) < 4.78 is 39.3. The highest BCUT2D eigenvalue weighted by Gasteiger charge is 2.21. The fraction of sp³-hybridized carbons (Fsp3) is 0.300. The quantitative estimate of drug-likeness (QED) is 0.487. The number of nitrogens with one attached hydrogen (secondary N) is 2. The number of nitrogens with zero attached hydrogens (tertiary/aromatic N) is 4. The van der Waals surface area contributed by atoms with Crippen molar-refractivity contribution >= 4 is 39.0 Å². The van der Waals surface area contributed by atoms with Gasteiger partial charge in [-0.3, -0.25) is 14.2 Å². The Morgan fingerprint density at radius 1 is 1.12 bits per heavy atom. The van der Waals surface area contributed by atoms with E-state index in [9.17, 15) is 13.2 Å². The van der Waals surface area contributed by atoms with Gasteiger partial charge < -0.3 is 14.8 Å². The van der Waals surface area contributed by atoms with Crippen molar-refractivity contribution < 1.29 is 22.7 Å². The average Bonchev–Trinajstić information content (AvgIpc) is 3.05. The maximum atomic E-state index is 12.7. The van der Waals surface area contributed by atoms with E-state index in [1.54, 1.807) is 25.5 Å². The number of carbonyl (C=O) groups excluding carboxylic acids is 1. The molecule has 0 aliphatic carbocycles. The minimum atomic E-state index is -3.97. The van der Waals surface area contributed by atoms with E-state index in [0.717, 1.165) is 0 Å². The van der Waals surface area contributed by atoms with Gasteiger partial charge in [0.05, 0.1) is 35.5 Å². The third-order valence-corrected chi connectivity index (χ3v) is 6.65. The zero-order valence-electron chi connectivity index (χ0n) is 18.6. The van der Waals surface area contributed by atoms with Crippen molar-refractivity contribution in [1.29, 1.82) is 0 Å². The lowest BCUT2D eigenvalue weighted by Crippen LogP contribution is -2.25. The standard InChI is InChI=1S/C20H23ClN6O5S/c1-11-18(21)12(2)27(25-11)13(3)19(28)22-14-6-8-15(9-7-14)33(29,30)26-16-10-17(31-4)24-20(23-16)32-5/h6-10,13H,1-5H3,(H,22,28)(H,23,24,26). The third-order valence-electron chi connectivity index (χ3n) is 4.73. The van der Waals surface area contributed by atoms with E-state index in [1.807, 2.05) is 0 Å². The molecule has 3 aromatic rings. The Kier molecular flexibility index (Phi) is 7.08. The van der Waals surface area contributed by atoms with Crippen LogP contribution in [0.25, 0.3) is 0 Å². The minimum absolute atomic E-state index is 0.0200. The van der Waals surface area contributed by atoms with Gasteiger partial charge in [-0.25, -0.2) is 8.42 Å². The maximum Gasteiger partial charge on any atom is 0.321 e. The smallest absolute Gasteiger partial charge is 0.321 e. The molecule has 0 saturated carbocycles. The van der Waals surface area contributed by atoms with Gasteiger partial charge in [-0.2, -0.15) is 15.1 Å². The van der Waals surface area contributed by atoms with Crippen LogP contribution in [0.5, 0.6) is 11.9 Å². The average molecular weight is 495 g/mol. The summed E-state index contributed by atoms with van der Waals surface area (Å²) in [5.74, 6) is -0.213. The molecule has 0 fully saturated rings. The lowest BCUT2D eigenvalue weighted by Gasteiger charge is -2.15. The summed E-state index contributed by atoms with van der Waals surface area (Å²) >= 11 is 6.16. The van der Waals surface area contributed by atoms with Crippen molar-refractivity contribution in [3.05, 3.63) is 46.7 Å². The molecule has 3 rings (SSSR count). The number of methoxy groups -OCH3 is 2. The van der Waals surface area contributed by atoms with Gasteiger partial charge in [0, 0.05) is 11.8 Å². The van der Waals surface area contributed by atoms with E-state index < -0.39 is 16.1 Å². The van der Waals surface area contributed by atoms with E-state index in [0.29, 0.717) is 22.1 Å². The van der Waals surface area contributed by atoms with Crippen molar-refractivity contribution in [3.8, 4) is 11.9 Å². The van der Waals surface area contributed by atoms with Crippen molar-refractivity contribution in [1.82, 2.24) is 19.7 Å². The molecule has 13 heteroatoms. The summed E-state index contributed by atoms with van der Waals surface area (Å²) in [6, 6.07) is 6.33. The number of rotatable bonds is 8. The molecule has 0 bridgehead atoms. The number of hydrogen-bond acceptors (Lipinski definition) is 8. The third kappa shape index (κ3) is 5.34. The first kappa shape index (κ1) is 24.3. The molecule has 0 aliphatic rings. The Morgan fingerprint density at radius 2 is 1.79 bits per heavy atom. The van der Waals surface area contributed by atoms with Crippen LogP contribution in [-0.4, -0.2) is 48.3 Å². The van der Waals surface area contributed by atoms with Gasteiger partial charge in [-0.15, -0.1) is 0 Å². The van der Waals surface area contributed by atoms with Gasteiger partial charge in [-0.05, 0) is 45.0 Å². The number of aryl methyl sites for hydroxylation is 1. The second kappa shape index (κ2) is 9.63. The number of anilines is 2. The predicted octanol–water partition coefficient (Wildman–Crippen LogP) is 2.96. The molecule has 2 heterocycles. The molecule has 33 heavy (non-hydrogen) atoms. The summed E-state index contributed by atoms with van der Waals surface area (Å²) in [4.78, 5) is 20.5. The summed E-state index contributed by atoms with van der Waals surface area (Å²) in [5.41, 5.74) is 1.74. The van der Waals surface area contributed by atoms with Crippen LogP contribution < -0.4 is 19.5 Å². The first-order valence-electron chi connectivity index (χ1n) is 9.67. The molecule has 2 N–H and O–H groups in total. The molecule has 1 unspecified atom stereocenters. The maximum absolute atomic E-state index is 12.7. The molecule has 0 spiro atoms. The van der Waals surface area contributed by atoms with Gasteiger partial charge in [0.2, 0.25) is 11.8 Å². The van der Waals surface area contributed by atoms with E-state index in [2.05, 4.69) is 25.1 Å². The first-order chi connectivity index (χ1) is 15.6. The highest BCUT2D eigenvalue weighted by atomic mass is 35.5. The van der Waals surface area contributed by atoms with E-state index in [4.69, 9.17) is 21.1 Å². The molecule has 1 aromatic carbocycles. The largest absolute Gasteiger partial charge is 0.481 e. The molecule has 1 amide bonds. The number of halogens is 1. The van der Waals surface area contributed by atoms with E-state index in [1.165, 1.54) is 44.6 Å². The SMILES string of the molecule is COc1cc(NS(=O)(=O)c2ccc(NC(=O)C(C)n3nc(C)c(Cl)c3C)cc2)nc(OC)n1. The molecule has 2 aromatic heterocycles. The first-order valence-corrected chi connectivity index (χ1v) is 11.5. The highest BCUT2D eigenvalue weighted by Crippen LogP contribution is 2.24. The Bertz CT molecular complexity index is 1250. The number of benzene rings is 1. The normalized spacial score (nSPS) is 12.2. The molecular formula is C20H23ClN6O5S. The van der Waals surface area contributed by atoms with Crippen LogP contribution in [0.3, 0.4) is 0 Å². The van der Waals surface area contributed by atoms with Crippen LogP contribution in [0.2, 0.25) is 5.02 Å². The predicted molar refractivity (Wildman–Crippen MR) is 122 cm³/mol. The number of hydrogen-bond donors (Lipinski definition) is 2. The Balaban J connectivity index is 1.74. The molecule has 176 valence electrons. The van der Waals surface area contributed by atoms with Crippen LogP contribution in [0.1, 0.15) is 24.4 Å². The zero-order chi connectivity index (χ0) is 24.3. The number of ether oxygens (including phenoxy) is 2. The molecule has 1 atom stereocenters. The molecule has 0 aliphatic heterocycles. The van der Waals surface area contributed by atoms with Gasteiger partial charge in [-0.1, -0.05) is 11.6 Å². The molecular weight excluding hydrogens is 472 g/mol. The lowest BCUT2D eigenvalue weighted by atomic mass is 10.2. The van der Waals surface area contributed by atoms with Gasteiger partial charge in [0.25, 0.3) is 10.0 Å². The number of carbonyl (C=O) groups is 1. The van der Waals surface area contributed by atoms with Crippen molar-refractivity contribution in [2.45, 2.75) is 31.7 Å². The number of amides is 1. The fourth-order valence-corrected chi connectivity index (χ4v) is 4.06. The number of aromatic nitrogens is 4. The Morgan fingerprint density at radius 3 is 2.33 bits per heavy atom. The molecule has 0 saturated heterocycles. The van der Waals surface area contributed by atoms with Crippen LogP contribution in [0.4, 0.5) is 11.5 Å². The highest BCUT2D eigenvalue weighted by molar-refractivity contribution is 7.92. The van der Waals surface area contributed by atoms with Gasteiger partial charge in [0.1, 0.15) is 6.04 Å². The second-order valence-electron chi connectivity index (χ2n) is 7.01. The molecule has 0 radical (unpaired) electrons. The van der Waals surface area contributed by atoms with Gasteiger partial charge >= 0.3 is 6.01 Å². The monoisotopic (exact) mass is 494 g/mol. The molecule has 11 nitrogen and oxygen atoms in total. The Labute approximate surface area is 196 Å². The van der Waals surface area contributed by atoms with Gasteiger partial charge in [0.15, 0.2) is 5.82 Å². The Hall–Kier alpha value is -3.38. The van der Waals surface area contributed by atoms with Crippen molar-refractivity contribution in [2.75, 3.05) is 24.3 Å². The van der Waals surface area contributed by atoms with E-state index >= 15 is 0 Å². The zero-order valence-corrected chi connectivity index (χ0v) is 20.2. The van der Waals surface area contributed by atoms with Crippen LogP contribution in [0.15, 0.2) is 35.2 Å².